The van der Waals surface area contributed by atoms with Crippen molar-refractivity contribution in [3.8, 4) is 5.75 Å². The molecule has 0 amide bonds. The van der Waals surface area contributed by atoms with Crippen LogP contribution < -0.4 is 21.1 Å². The number of nitrogens with two attached hydrogens (primary N) is 1. The second-order valence-electron chi connectivity index (χ2n) is 6.02. The van der Waals surface area contributed by atoms with Gasteiger partial charge in [0.05, 0.1) is 23.0 Å². The number of rotatable bonds is 5. The normalized spacial score (nSPS) is 10.8. The number of methoxy groups -OCH3 is 1. The molecular weight excluding hydrogens is 396 g/mol. The Morgan fingerprint density at radius 2 is 1.89 bits per heavy atom. The molecule has 9 heteroatoms. The number of hydrogen-bond donors (Lipinski definition) is 3. The van der Waals surface area contributed by atoms with Crippen molar-refractivity contribution in [3.63, 3.8) is 0 Å². The van der Waals surface area contributed by atoms with Gasteiger partial charge >= 0.3 is 0 Å². The Kier molecular flexibility index (Phi) is 4.89. The van der Waals surface area contributed by atoms with Crippen molar-refractivity contribution in [2.45, 2.75) is 6.92 Å². The molecule has 7 nitrogen and oxygen atoms in total. The van der Waals surface area contributed by atoms with Crippen molar-refractivity contribution >= 4 is 61.3 Å². The van der Waals surface area contributed by atoms with Gasteiger partial charge in [0.1, 0.15) is 17.8 Å². The van der Waals surface area contributed by atoms with Crippen LogP contribution in [0.5, 0.6) is 5.75 Å². The van der Waals surface area contributed by atoms with E-state index in [0.29, 0.717) is 38.9 Å². The summed E-state index contributed by atoms with van der Waals surface area (Å²) in [7, 11) is 1.58. The summed E-state index contributed by atoms with van der Waals surface area (Å²) < 4.78 is 6.45. The summed E-state index contributed by atoms with van der Waals surface area (Å²) in [6.07, 6.45) is 1.43. The Morgan fingerprint density at radius 3 is 2.64 bits per heavy atom. The van der Waals surface area contributed by atoms with Gasteiger partial charge in [-0.15, -0.1) is 0 Å². The third-order valence-corrected chi connectivity index (χ3v) is 5.32. The number of thiazole rings is 1. The summed E-state index contributed by atoms with van der Waals surface area (Å²) >= 11 is 7.63. The summed E-state index contributed by atoms with van der Waals surface area (Å²) in [5.41, 5.74) is 9.38. The van der Waals surface area contributed by atoms with Gasteiger partial charge in [-0.2, -0.15) is 0 Å². The van der Waals surface area contributed by atoms with Crippen LogP contribution in [0.2, 0.25) is 5.02 Å². The smallest absolute Gasteiger partial charge is 0.189 e. The van der Waals surface area contributed by atoms with Crippen LogP contribution >= 0.6 is 22.9 Å². The first-order valence-corrected chi connectivity index (χ1v) is 9.59. The van der Waals surface area contributed by atoms with Crippen molar-refractivity contribution in [2.75, 3.05) is 23.5 Å². The average Bonchev–Trinajstić information content (AvgIpc) is 3.09. The summed E-state index contributed by atoms with van der Waals surface area (Å²) in [6, 6.07) is 11.3. The zero-order chi connectivity index (χ0) is 19.7. The summed E-state index contributed by atoms with van der Waals surface area (Å²) in [5.74, 6) is 1.53. The number of aromatic nitrogens is 3. The van der Waals surface area contributed by atoms with Crippen LogP contribution in [0.4, 0.5) is 28.1 Å². The van der Waals surface area contributed by atoms with E-state index in [2.05, 4.69) is 25.6 Å². The number of fused-ring (bicyclic) bond motifs is 1. The lowest BCUT2D eigenvalue weighted by atomic mass is 10.2. The largest absolute Gasteiger partial charge is 0.495 e. The molecule has 2 aromatic carbocycles. The van der Waals surface area contributed by atoms with E-state index in [1.54, 1.807) is 25.3 Å². The molecule has 4 aromatic rings. The van der Waals surface area contributed by atoms with E-state index >= 15 is 0 Å². The van der Waals surface area contributed by atoms with Gasteiger partial charge in [0, 0.05) is 5.02 Å². The average molecular weight is 413 g/mol. The molecule has 142 valence electrons. The minimum atomic E-state index is 0.362. The van der Waals surface area contributed by atoms with Gasteiger partial charge in [-0.05, 0) is 36.8 Å². The first kappa shape index (κ1) is 18.3. The fraction of sp³-hybridized carbons (Fsp3) is 0.105. The second kappa shape index (κ2) is 7.49. The first-order valence-electron chi connectivity index (χ1n) is 8.39. The van der Waals surface area contributed by atoms with Crippen LogP contribution in [0.15, 0.2) is 42.7 Å². The Labute approximate surface area is 170 Å². The molecule has 28 heavy (non-hydrogen) atoms. The molecule has 2 heterocycles. The standard InChI is InChI=1S/C19H17ClN6OS/c1-10-4-3-5-14-16(10)25-19(28-14)26-18-15(21)17(22-9-23-18)24-12-8-11(20)6-7-13(12)27-2/h3-9H,21H2,1-2H3,(H2,22,23,24,25,26). The Bertz CT molecular complexity index is 1160. The van der Waals surface area contributed by atoms with Gasteiger partial charge in [-0.3, -0.25) is 0 Å². The van der Waals surface area contributed by atoms with E-state index in [0.717, 1.165) is 15.8 Å². The Hall–Kier alpha value is -3.10. The van der Waals surface area contributed by atoms with E-state index in [9.17, 15) is 0 Å². The molecule has 0 fully saturated rings. The van der Waals surface area contributed by atoms with Crippen LogP contribution in [0.3, 0.4) is 0 Å². The van der Waals surface area contributed by atoms with Crippen LogP contribution in [-0.2, 0) is 0 Å². The molecule has 0 radical (unpaired) electrons. The van der Waals surface area contributed by atoms with Gasteiger partial charge in [0.15, 0.2) is 16.8 Å². The van der Waals surface area contributed by atoms with Crippen molar-refractivity contribution in [1.82, 2.24) is 15.0 Å². The number of nitrogens with zero attached hydrogens (tertiary/aromatic N) is 3. The first-order chi connectivity index (χ1) is 13.5. The predicted octanol–water partition coefficient (Wildman–Crippen LogP) is 5.13. The SMILES string of the molecule is COc1ccc(Cl)cc1Nc1ncnc(Nc2nc3c(C)cccc3s2)c1N. The number of benzene rings is 2. The van der Waals surface area contributed by atoms with Crippen LogP contribution in [-0.4, -0.2) is 22.1 Å². The number of para-hydroxylation sites is 1. The Morgan fingerprint density at radius 1 is 1.11 bits per heavy atom. The summed E-state index contributed by atoms with van der Waals surface area (Å²) in [5, 5.41) is 7.62. The van der Waals surface area contributed by atoms with E-state index in [4.69, 9.17) is 22.1 Å². The topological polar surface area (TPSA) is 98.0 Å². The molecule has 0 aliphatic carbocycles. The van der Waals surface area contributed by atoms with Crippen molar-refractivity contribution in [2.24, 2.45) is 0 Å². The monoisotopic (exact) mass is 412 g/mol. The molecule has 0 saturated heterocycles. The quantitative estimate of drug-likeness (QED) is 0.418. The lowest BCUT2D eigenvalue weighted by Crippen LogP contribution is -2.05. The van der Waals surface area contributed by atoms with Gasteiger partial charge in [-0.1, -0.05) is 35.1 Å². The third kappa shape index (κ3) is 3.51. The molecule has 0 atom stereocenters. The number of anilines is 5. The fourth-order valence-electron chi connectivity index (χ4n) is 2.74. The molecule has 0 spiro atoms. The number of halogens is 1. The molecule has 4 rings (SSSR count). The van der Waals surface area contributed by atoms with E-state index in [-0.39, 0.29) is 0 Å². The lowest BCUT2D eigenvalue weighted by Gasteiger charge is -2.14. The minimum Gasteiger partial charge on any atom is -0.495 e. The molecule has 0 bridgehead atoms. The molecule has 4 N–H and O–H groups in total. The van der Waals surface area contributed by atoms with Crippen LogP contribution in [0, 0.1) is 6.92 Å². The van der Waals surface area contributed by atoms with Crippen LogP contribution in [0.25, 0.3) is 10.2 Å². The molecule has 0 unspecified atom stereocenters. The highest BCUT2D eigenvalue weighted by Gasteiger charge is 2.13. The predicted molar refractivity (Wildman–Crippen MR) is 115 cm³/mol. The Balaban J connectivity index is 1.65. The van der Waals surface area contributed by atoms with Crippen molar-refractivity contribution < 1.29 is 4.74 Å². The highest BCUT2D eigenvalue weighted by Crippen LogP contribution is 2.35. The van der Waals surface area contributed by atoms with Gasteiger partial charge < -0.3 is 21.1 Å². The van der Waals surface area contributed by atoms with Crippen molar-refractivity contribution in [1.29, 1.82) is 0 Å². The zero-order valence-electron chi connectivity index (χ0n) is 15.2. The highest BCUT2D eigenvalue weighted by atomic mass is 35.5. The number of aryl methyl sites for hydroxylation is 1. The third-order valence-electron chi connectivity index (χ3n) is 4.14. The van der Waals surface area contributed by atoms with Gasteiger partial charge in [-0.25, -0.2) is 15.0 Å². The lowest BCUT2D eigenvalue weighted by molar-refractivity contribution is 0.417. The molecular formula is C19H17ClN6OS. The molecule has 0 aliphatic heterocycles. The van der Waals surface area contributed by atoms with Gasteiger partial charge in [0.25, 0.3) is 0 Å². The summed E-state index contributed by atoms with van der Waals surface area (Å²) in [6.45, 7) is 2.03. The zero-order valence-corrected chi connectivity index (χ0v) is 16.7. The maximum absolute atomic E-state index is 6.29. The fourth-order valence-corrected chi connectivity index (χ4v) is 3.86. The number of hydrogen-bond acceptors (Lipinski definition) is 8. The maximum Gasteiger partial charge on any atom is 0.189 e. The molecule has 0 aliphatic rings. The van der Waals surface area contributed by atoms with E-state index in [1.165, 1.54) is 17.7 Å². The number of nitrogen functional groups attached to an aromatic ring is 1. The maximum atomic E-state index is 6.29. The second-order valence-corrected chi connectivity index (χ2v) is 7.49. The van der Waals surface area contributed by atoms with Gasteiger partial charge in [0.2, 0.25) is 0 Å². The molecule has 0 saturated carbocycles. The minimum absolute atomic E-state index is 0.362. The number of ether oxygens (including phenoxy) is 1. The van der Waals surface area contributed by atoms with Crippen LogP contribution in [0.1, 0.15) is 5.56 Å². The van der Waals surface area contributed by atoms with Crippen molar-refractivity contribution in [3.05, 3.63) is 53.3 Å². The van der Waals surface area contributed by atoms with E-state index in [1.807, 2.05) is 25.1 Å². The van der Waals surface area contributed by atoms with E-state index < -0.39 is 0 Å². The summed E-state index contributed by atoms with van der Waals surface area (Å²) in [4.78, 5) is 13.1. The highest BCUT2D eigenvalue weighted by molar-refractivity contribution is 7.22. The molecule has 2 aromatic heterocycles. The number of nitrogens with one attached hydrogen (secondary N) is 2.